The quantitative estimate of drug-likeness (QED) is 0.906. The molecule has 0 unspecified atom stereocenters. The number of rotatable bonds is 3. The van der Waals surface area contributed by atoms with Gasteiger partial charge in [-0.05, 0) is 66.1 Å². The van der Waals surface area contributed by atoms with Crippen LogP contribution in [-0.4, -0.2) is 6.54 Å². The Morgan fingerprint density at radius 2 is 1.75 bits per heavy atom. The van der Waals surface area contributed by atoms with Crippen LogP contribution in [0.15, 0.2) is 46.9 Å². The summed E-state index contributed by atoms with van der Waals surface area (Å²) in [7, 11) is 0. The highest BCUT2D eigenvalue weighted by Crippen LogP contribution is 2.39. The fourth-order valence-electron chi connectivity index (χ4n) is 3.20. The molecule has 1 aliphatic carbocycles. The van der Waals surface area contributed by atoms with E-state index in [0.29, 0.717) is 13.0 Å². The van der Waals surface area contributed by atoms with Gasteiger partial charge < -0.3 is 5.73 Å². The van der Waals surface area contributed by atoms with E-state index in [0.717, 1.165) is 22.9 Å². The SMILES string of the molecule is NCC1(Cc2cc(Br)ccc2F)Cc2ccccc2C1. The molecule has 0 atom stereocenters. The van der Waals surface area contributed by atoms with E-state index < -0.39 is 0 Å². The average molecular weight is 334 g/mol. The molecule has 1 aliphatic rings. The molecule has 0 saturated carbocycles. The number of hydrogen-bond donors (Lipinski definition) is 1. The van der Waals surface area contributed by atoms with Crippen LogP contribution in [0.1, 0.15) is 16.7 Å². The first-order chi connectivity index (χ1) is 9.62. The third kappa shape index (κ3) is 2.52. The highest BCUT2D eigenvalue weighted by molar-refractivity contribution is 9.10. The Bertz CT molecular complexity index is 614. The zero-order valence-electron chi connectivity index (χ0n) is 11.2. The van der Waals surface area contributed by atoms with Crippen LogP contribution in [0, 0.1) is 11.2 Å². The zero-order valence-corrected chi connectivity index (χ0v) is 12.8. The Labute approximate surface area is 127 Å². The van der Waals surface area contributed by atoms with Crippen molar-refractivity contribution in [1.29, 1.82) is 0 Å². The third-order valence-electron chi connectivity index (χ3n) is 4.26. The van der Waals surface area contributed by atoms with E-state index in [1.165, 1.54) is 17.2 Å². The molecule has 104 valence electrons. The molecule has 20 heavy (non-hydrogen) atoms. The Morgan fingerprint density at radius 1 is 1.10 bits per heavy atom. The molecule has 0 heterocycles. The minimum atomic E-state index is -0.142. The summed E-state index contributed by atoms with van der Waals surface area (Å²) in [5, 5.41) is 0. The van der Waals surface area contributed by atoms with Crippen LogP contribution in [0.5, 0.6) is 0 Å². The number of nitrogens with two attached hydrogens (primary N) is 1. The van der Waals surface area contributed by atoms with Crippen LogP contribution in [0.3, 0.4) is 0 Å². The van der Waals surface area contributed by atoms with E-state index in [-0.39, 0.29) is 11.2 Å². The molecule has 0 amide bonds. The van der Waals surface area contributed by atoms with Gasteiger partial charge in [0.2, 0.25) is 0 Å². The maximum Gasteiger partial charge on any atom is 0.126 e. The molecule has 2 aromatic carbocycles. The van der Waals surface area contributed by atoms with Crippen molar-refractivity contribution in [2.24, 2.45) is 11.1 Å². The lowest BCUT2D eigenvalue weighted by atomic mass is 9.79. The van der Waals surface area contributed by atoms with Crippen molar-refractivity contribution >= 4 is 15.9 Å². The molecular weight excluding hydrogens is 317 g/mol. The van der Waals surface area contributed by atoms with Crippen molar-refractivity contribution < 1.29 is 4.39 Å². The van der Waals surface area contributed by atoms with E-state index in [9.17, 15) is 4.39 Å². The second-order valence-electron chi connectivity index (χ2n) is 5.74. The van der Waals surface area contributed by atoms with Crippen LogP contribution in [-0.2, 0) is 19.3 Å². The molecule has 0 aromatic heterocycles. The van der Waals surface area contributed by atoms with Crippen LogP contribution >= 0.6 is 15.9 Å². The summed E-state index contributed by atoms with van der Waals surface area (Å²) in [4.78, 5) is 0. The van der Waals surface area contributed by atoms with E-state index in [1.54, 1.807) is 6.07 Å². The highest BCUT2D eigenvalue weighted by Gasteiger charge is 2.36. The van der Waals surface area contributed by atoms with Gasteiger partial charge in [-0.15, -0.1) is 0 Å². The van der Waals surface area contributed by atoms with E-state index in [2.05, 4.69) is 40.2 Å². The molecule has 3 rings (SSSR count). The number of halogens is 2. The normalized spacial score (nSPS) is 16.1. The molecule has 1 nitrogen and oxygen atoms in total. The Kier molecular flexibility index (Phi) is 3.65. The Morgan fingerprint density at radius 3 is 2.35 bits per heavy atom. The minimum Gasteiger partial charge on any atom is -0.330 e. The van der Waals surface area contributed by atoms with Gasteiger partial charge >= 0.3 is 0 Å². The van der Waals surface area contributed by atoms with Crippen molar-refractivity contribution in [3.8, 4) is 0 Å². The largest absolute Gasteiger partial charge is 0.330 e. The van der Waals surface area contributed by atoms with Crippen molar-refractivity contribution in [1.82, 2.24) is 0 Å². The summed E-state index contributed by atoms with van der Waals surface area (Å²) in [5.74, 6) is -0.142. The summed E-state index contributed by atoms with van der Waals surface area (Å²) in [6.07, 6.45) is 2.56. The molecule has 0 bridgehead atoms. The molecule has 0 radical (unpaired) electrons. The molecule has 0 fully saturated rings. The van der Waals surface area contributed by atoms with Gasteiger partial charge in [0.05, 0.1) is 0 Å². The zero-order chi connectivity index (χ0) is 14.2. The summed E-state index contributed by atoms with van der Waals surface area (Å²) in [5.41, 5.74) is 9.46. The monoisotopic (exact) mass is 333 g/mol. The fourth-order valence-corrected chi connectivity index (χ4v) is 3.61. The van der Waals surface area contributed by atoms with Crippen LogP contribution in [0.4, 0.5) is 4.39 Å². The molecule has 3 heteroatoms. The fraction of sp³-hybridized carbons (Fsp3) is 0.294. The number of hydrogen-bond acceptors (Lipinski definition) is 1. The van der Waals surface area contributed by atoms with Crippen molar-refractivity contribution in [3.05, 3.63) is 69.4 Å². The summed E-state index contributed by atoms with van der Waals surface area (Å²) < 4.78 is 14.9. The number of fused-ring (bicyclic) bond motifs is 1. The van der Waals surface area contributed by atoms with Crippen LogP contribution in [0.25, 0.3) is 0 Å². The first-order valence-corrected chi connectivity index (χ1v) is 7.62. The van der Waals surface area contributed by atoms with Crippen molar-refractivity contribution in [3.63, 3.8) is 0 Å². The van der Waals surface area contributed by atoms with Gasteiger partial charge in [0.25, 0.3) is 0 Å². The lowest BCUT2D eigenvalue weighted by Crippen LogP contribution is -2.34. The van der Waals surface area contributed by atoms with Gasteiger partial charge in [-0.2, -0.15) is 0 Å². The van der Waals surface area contributed by atoms with E-state index in [1.807, 2.05) is 6.07 Å². The first kappa shape index (κ1) is 13.8. The predicted molar refractivity (Wildman–Crippen MR) is 83.1 cm³/mol. The van der Waals surface area contributed by atoms with E-state index in [4.69, 9.17) is 5.73 Å². The van der Waals surface area contributed by atoms with Gasteiger partial charge in [0, 0.05) is 4.47 Å². The third-order valence-corrected chi connectivity index (χ3v) is 4.75. The molecule has 2 N–H and O–H groups in total. The lowest BCUT2D eigenvalue weighted by molar-refractivity contribution is 0.310. The molecule has 0 spiro atoms. The van der Waals surface area contributed by atoms with Gasteiger partial charge in [0.1, 0.15) is 5.82 Å². The molecule has 0 aliphatic heterocycles. The summed E-state index contributed by atoms with van der Waals surface area (Å²) in [6.45, 7) is 0.577. The minimum absolute atomic E-state index is 0.0503. The second kappa shape index (κ2) is 5.30. The average Bonchev–Trinajstić information content (AvgIpc) is 2.81. The summed E-state index contributed by atoms with van der Waals surface area (Å²) >= 11 is 3.42. The maximum atomic E-state index is 14.0. The van der Waals surface area contributed by atoms with Gasteiger partial charge in [-0.25, -0.2) is 4.39 Å². The second-order valence-corrected chi connectivity index (χ2v) is 6.65. The van der Waals surface area contributed by atoms with Crippen LogP contribution < -0.4 is 5.73 Å². The lowest BCUT2D eigenvalue weighted by Gasteiger charge is -2.27. The predicted octanol–water partition coefficient (Wildman–Crippen LogP) is 3.87. The topological polar surface area (TPSA) is 26.0 Å². The van der Waals surface area contributed by atoms with Gasteiger partial charge in [-0.1, -0.05) is 40.2 Å². The van der Waals surface area contributed by atoms with Gasteiger partial charge in [-0.3, -0.25) is 0 Å². The Balaban J connectivity index is 1.91. The Hall–Kier alpha value is -1.19. The first-order valence-electron chi connectivity index (χ1n) is 6.83. The summed E-state index contributed by atoms with van der Waals surface area (Å²) in [6, 6.07) is 13.6. The van der Waals surface area contributed by atoms with Gasteiger partial charge in [0.15, 0.2) is 0 Å². The standard InChI is InChI=1S/C17H17BrFN/c18-15-5-6-16(19)14(7-15)10-17(11-20)8-12-3-1-2-4-13(12)9-17/h1-7H,8-11,20H2. The van der Waals surface area contributed by atoms with Crippen molar-refractivity contribution in [2.45, 2.75) is 19.3 Å². The molecule has 0 saturated heterocycles. The highest BCUT2D eigenvalue weighted by atomic mass is 79.9. The van der Waals surface area contributed by atoms with Crippen molar-refractivity contribution in [2.75, 3.05) is 6.54 Å². The smallest absolute Gasteiger partial charge is 0.126 e. The molecular formula is C17H17BrFN. The maximum absolute atomic E-state index is 14.0. The number of benzene rings is 2. The molecule has 2 aromatic rings. The van der Waals surface area contributed by atoms with Crippen LogP contribution in [0.2, 0.25) is 0 Å². The van der Waals surface area contributed by atoms with E-state index >= 15 is 0 Å².